The third kappa shape index (κ3) is 5.96. The van der Waals surface area contributed by atoms with E-state index in [1.807, 2.05) is 42.7 Å². The second kappa shape index (κ2) is 10.4. The van der Waals surface area contributed by atoms with E-state index in [1.165, 1.54) is 4.90 Å². The zero-order chi connectivity index (χ0) is 24.2. The van der Waals surface area contributed by atoms with Crippen LogP contribution in [0.3, 0.4) is 0 Å². The summed E-state index contributed by atoms with van der Waals surface area (Å²) in [7, 11) is 0. The van der Waals surface area contributed by atoms with Gasteiger partial charge in [-0.2, -0.15) is 11.8 Å². The van der Waals surface area contributed by atoms with E-state index >= 15 is 0 Å². The summed E-state index contributed by atoms with van der Waals surface area (Å²) in [5.41, 5.74) is 9.31. The van der Waals surface area contributed by atoms with Crippen molar-refractivity contribution < 1.29 is 14.4 Å². The first kappa shape index (κ1) is 24.8. The Morgan fingerprint density at radius 3 is 2.30 bits per heavy atom. The number of fused-ring (bicyclic) bond motifs is 1. The predicted molar refractivity (Wildman–Crippen MR) is 133 cm³/mol. The van der Waals surface area contributed by atoms with Crippen LogP contribution in [-0.4, -0.2) is 46.7 Å². The maximum atomic E-state index is 13.6. The Balaban J connectivity index is 1.82. The van der Waals surface area contributed by atoms with Gasteiger partial charge in [0.25, 0.3) is 5.91 Å². The van der Waals surface area contributed by atoms with E-state index in [1.54, 1.807) is 23.9 Å². The Morgan fingerprint density at radius 1 is 1.09 bits per heavy atom. The van der Waals surface area contributed by atoms with Crippen molar-refractivity contribution in [2.75, 3.05) is 12.0 Å². The molecule has 0 bridgehead atoms. The predicted octanol–water partition coefficient (Wildman–Crippen LogP) is 3.27. The van der Waals surface area contributed by atoms with Crippen LogP contribution in [-0.2, 0) is 28.0 Å². The average molecular weight is 468 g/mol. The highest BCUT2D eigenvalue weighted by atomic mass is 32.2. The van der Waals surface area contributed by atoms with Crippen LogP contribution in [0, 0.1) is 0 Å². The van der Waals surface area contributed by atoms with Gasteiger partial charge in [-0.3, -0.25) is 14.4 Å². The van der Waals surface area contributed by atoms with Crippen molar-refractivity contribution in [2.24, 2.45) is 5.73 Å². The molecular formula is C26H33N3O3S. The molecule has 1 heterocycles. The molecule has 0 aromatic heterocycles. The quantitative estimate of drug-likeness (QED) is 0.654. The minimum Gasteiger partial charge on any atom is -0.368 e. The van der Waals surface area contributed by atoms with Crippen molar-refractivity contribution in [3.63, 3.8) is 0 Å². The summed E-state index contributed by atoms with van der Waals surface area (Å²) >= 11 is 1.60. The lowest BCUT2D eigenvalue weighted by Gasteiger charge is -2.37. The third-order valence-corrected chi connectivity index (χ3v) is 6.73. The molecule has 2 aromatic carbocycles. The van der Waals surface area contributed by atoms with E-state index in [0.717, 1.165) is 16.7 Å². The van der Waals surface area contributed by atoms with Gasteiger partial charge in [-0.1, -0.05) is 57.2 Å². The first-order chi connectivity index (χ1) is 15.6. The standard InChI is InChI=1S/C26H33N3O3S/c1-26(2,3)20-11-9-17(10-12-20)24(31)28-21(13-14-33-4)25(32)29-16-19-8-6-5-7-18(19)15-22(29)23(27)30/h5-12,21-22H,13-16H2,1-4H3,(H2,27,30)(H,28,31)/t21-,22+/m1/s1. The van der Waals surface area contributed by atoms with Crippen molar-refractivity contribution in [1.29, 1.82) is 0 Å². The number of rotatable bonds is 7. The molecule has 0 saturated heterocycles. The topological polar surface area (TPSA) is 92.5 Å². The number of carbonyl (C=O) groups is 3. The molecule has 0 unspecified atom stereocenters. The molecule has 3 rings (SSSR count). The first-order valence-corrected chi connectivity index (χ1v) is 12.6. The molecule has 0 fully saturated rings. The fourth-order valence-corrected chi connectivity index (χ4v) is 4.54. The Morgan fingerprint density at radius 2 is 1.73 bits per heavy atom. The lowest BCUT2D eigenvalue weighted by atomic mass is 9.86. The van der Waals surface area contributed by atoms with Crippen molar-refractivity contribution in [2.45, 2.75) is 57.7 Å². The molecular weight excluding hydrogens is 434 g/mol. The van der Waals surface area contributed by atoms with E-state index in [0.29, 0.717) is 30.7 Å². The van der Waals surface area contributed by atoms with E-state index in [9.17, 15) is 14.4 Å². The summed E-state index contributed by atoms with van der Waals surface area (Å²) in [4.78, 5) is 40.3. The monoisotopic (exact) mass is 467 g/mol. The van der Waals surface area contributed by atoms with Gasteiger partial charge in [0.2, 0.25) is 11.8 Å². The molecule has 176 valence electrons. The lowest BCUT2D eigenvalue weighted by molar-refractivity contribution is -0.142. The maximum absolute atomic E-state index is 13.6. The molecule has 0 radical (unpaired) electrons. The number of hydrogen-bond acceptors (Lipinski definition) is 4. The number of nitrogens with zero attached hydrogens (tertiary/aromatic N) is 1. The van der Waals surface area contributed by atoms with Gasteiger partial charge in [0.15, 0.2) is 0 Å². The fraction of sp³-hybridized carbons (Fsp3) is 0.423. The van der Waals surface area contributed by atoms with Crippen LogP contribution < -0.4 is 11.1 Å². The van der Waals surface area contributed by atoms with E-state index in [2.05, 4.69) is 26.1 Å². The molecule has 0 spiro atoms. The molecule has 33 heavy (non-hydrogen) atoms. The van der Waals surface area contributed by atoms with Crippen LogP contribution in [0.5, 0.6) is 0 Å². The summed E-state index contributed by atoms with van der Waals surface area (Å²) in [6, 6.07) is 13.7. The molecule has 1 aliphatic rings. The minimum absolute atomic E-state index is 0.0137. The number of carbonyl (C=O) groups excluding carboxylic acids is 3. The van der Waals surface area contributed by atoms with Gasteiger partial charge in [0.05, 0.1) is 0 Å². The van der Waals surface area contributed by atoms with Crippen LogP contribution in [0.1, 0.15) is 54.2 Å². The van der Waals surface area contributed by atoms with Crippen molar-refractivity contribution >= 4 is 29.5 Å². The number of nitrogens with one attached hydrogen (secondary N) is 1. The Labute approximate surface area is 200 Å². The van der Waals surface area contributed by atoms with Crippen LogP contribution in [0.25, 0.3) is 0 Å². The average Bonchev–Trinajstić information content (AvgIpc) is 2.79. The summed E-state index contributed by atoms with van der Waals surface area (Å²) in [5, 5.41) is 2.91. The summed E-state index contributed by atoms with van der Waals surface area (Å²) < 4.78 is 0. The van der Waals surface area contributed by atoms with Crippen molar-refractivity contribution in [3.05, 3.63) is 70.8 Å². The highest BCUT2D eigenvalue weighted by molar-refractivity contribution is 7.98. The van der Waals surface area contributed by atoms with Crippen LogP contribution in [0.2, 0.25) is 0 Å². The van der Waals surface area contributed by atoms with Crippen LogP contribution in [0.15, 0.2) is 48.5 Å². The van der Waals surface area contributed by atoms with Gasteiger partial charge in [-0.25, -0.2) is 0 Å². The number of thioether (sulfide) groups is 1. The first-order valence-electron chi connectivity index (χ1n) is 11.2. The highest BCUT2D eigenvalue weighted by Crippen LogP contribution is 2.25. The summed E-state index contributed by atoms with van der Waals surface area (Å²) in [6.07, 6.45) is 2.81. The Kier molecular flexibility index (Phi) is 7.84. The van der Waals surface area contributed by atoms with Crippen LogP contribution in [0.4, 0.5) is 0 Å². The molecule has 6 nitrogen and oxygen atoms in total. The number of primary amides is 1. The van der Waals surface area contributed by atoms with Gasteiger partial charge in [-0.05, 0) is 52.7 Å². The molecule has 3 N–H and O–H groups in total. The van der Waals surface area contributed by atoms with Gasteiger partial charge < -0.3 is 16.0 Å². The molecule has 2 atom stereocenters. The largest absolute Gasteiger partial charge is 0.368 e. The Bertz CT molecular complexity index is 1010. The Hall–Kier alpha value is -2.80. The van der Waals surface area contributed by atoms with Gasteiger partial charge in [-0.15, -0.1) is 0 Å². The van der Waals surface area contributed by atoms with Crippen molar-refractivity contribution in [3.8, 4) is 0 Å². The third-order valence-electron chi connectivity index (χ3n) is 6.09. The highest BCUT2D eigenvalue weighted by Gasteiger charge is 2.36. The van der Waals surface area contributed by atoms with Gasteiger partial charge in [0.1, 0.15) is 12.1 Å². The smallest absolute Gasteiger partial charge is 0.251 e. The lowest BCUT2D eigenvalue weighted by Crippen LogP contribution is -2.57. The second-order valence-corrected chi connectivity index (χ2v) is 10.5. The van der Waals surface area contributed by atoms with Gasteiger partial charge >= 0.3 is 0 Å². The number of hydrogen-bond donors (Lipinski definition) is 2. The van der Waals surface area contributed by atoms with Gasteiger partial charge in [0, 0.05) is 18.5 Å². The normalized spacial score (nSPS) is 16.6. The minimum atomic E-state index is -0.737. The molecule has 0 aliphatic carbocycles. The molecule has 0 saturated carbocycles. The summed E-state index contributed by atoms with van der Waals surface area (Å²) in [5.74, 6) is -0.416. The molecule has 3 amide bonds. The number of amides is 3. The molecule has 1 aliphatic heterocycles. The molecule has 2 aromatic rings. The van der Waals surface area contributed by atoms with Crippen LogP contribution >= 0.6 is 11.8 Å². The second-order valence-electron chi connectivity index (χ2n) is 9.49. The summed E-state index contributed by atoms with van der Waals surface area (Å²) in [6.45, 7) is 6.65. The number of benzene rings is 2. The van der Waals surface area contributed by atoms with Crippen molar-refractivity contribution in [1.82, 2.24) is 10.2 Å². The fourth-order valence-electron chi connectivity index (χ4n) is 4.07. The molecule has 7 heteroatoms. The zero-order valence-electron chi connectivity index (χ0n) is 19.8. The van der Waals surface area contributed by atoms with E-state index in [4.69, 9.17) is 5.73 Å². The maximum Gasteiger partial charge on any atom is 0.251 e. The number of nitrogens with two attached hydrogens (primary N) is 1. The zero-order valence-corrected chi connectivity index (χ0v) is 20.6. The van der Waals surface area contributed by atoms with E-state index in [-0.39, 0.29) is 17.2 Å². The SMILES string of the molecule is CSCC[C@@H](NC(=O)c1ccc(C(C)(C)C)cc1)C(=O)N1Cc2ccccc2C[C@H]1C(N)=O. The van der Waals surface area contributed by atoms with E-state index < -0.39 is 18.0 Å².